The van der Waals surface area contributed by atoms with Crippen molar-refractivity contribution in [3.8, 4) is 11.4 Å². The standard InChI is InChI=1S/C24H20FN3O5S/c1-3-33-24(31)21-18-13-34-22(26-19(29)12-14-4-10-17(32-2)11-5-14)20(18)23(30)28(27-21)16-8-6-15(25)7-9-16/h4-11,13H,3,12H2,1-2H3,(H,26,29). The van der Waals surface area contributed by atoms with Crippen molar-refractivity contribution in [1.82, 2.24) is 9.78 Å². The molecule has 2 heterocycles. The van der Waals surface area contributed by atoms with Crippen molar-refractivity contribution in [3.05, 3.63) is 81.3 Å². The Bertz CT molecular complexity index is 1410. The van der Waals surface area contributed by atoms with Gasteiger partial charge >= 0.3 is 5.97 Å². The van der Waals surface area contributed by atoms with Crippen LogP contribution in [0.15, 0.2) is 58.7 Å². The highest BCUT2D eigenvalue weighted by molar-refractivity contribution is 7.16. The van der Waals surface area contributed by atoms with E-state index in [9.17, 15) is 18.8 Å². The van der Waals surface area contributed by atoms with E-state index in [1.807, 2.05) is 0 Å². The zero-order valence-electron chi connectivity index (χ0n) is 18.3. The van der Waals surface area contributed by atoms with E-state index in [2.05, 4.69) is 10.4 Å². The Morgan fingerprint density at radius 3 is 2.47 bits per heavy atom. The molecule has 2 aromatic heterocycles. The summed E-state index contributed by atoms with van der Waals surface area (Å²) in [4.78, 5) is 38.6. The number of nitrogens with one attached hydrogen (secondary N) is 1. The van der Waals surface area contributed by atoms with Crippen LogP contribution in [0.25, 0.3) is 16.5 Å². The van der Waals surface area contributed by atoms with Crippen molar-refractivity contribution in [2.75, 3.05) is 19.0 Å². The number of methoxy groups -OCH3 is 1. The first-order chi connectivity index (χ1) is 16.4. The van der Waals surface area contributed by atoms with Crippen LogP contribution in [0.4, 0.5) is 9.39 Å². The summed E-state index contributed by atoms with van der Waals surface area (Å²) in [6.07, 6.45) is 0.0748. The summed E-state index contributed by atoms with van der Waals surface area (Å²) in [5.41, 5.74) is 0.389. The molecule has 0 atom stereocenters. The fraction of sp³-hybridized carbons (Fsp3) is 0.167. The third-order valence-electron chi connectivity index (χ3n) is 4.97. The van der Waals surface area contributed by atoms with Crippen LogP contribution in [0.3, 0.4) is 0 Å². The Morgan fingerprint density at radius 2 is 1.82 bits per heavy atom. The molecule has 2 aromatic carbocycles. The molecule has 1 N–H and O–H groups in total. The maximum atomic E-state index is 13.4. The maximum Gasteiger partial charge on any atom is 0.359 e. The second kappa shape index (κ2) is 9.84. The molecule has 0 unspecified atom stereocenters. The Balaban J connectivity index is 1.75. The topological polar surface area (TPSA) is 99.5 Å². The number of hydrogen-bond acceptors (Lipinski definition) is 7. The number of benzene rings is 2. The van der Waals surface area contributed by atoms with Gasteiger partial charge in [-0.2, -0.15) is 9.78 Å². The summed E-state index contributed by atoms with van der Waals surface area (Å²) in [6, 6.07) is 12.2. The van der Waals surface area contributed by atoms with E-state index < -0.39 is 17.3 Å². The first kappa shape index (κ1) is 23.1. The highest BCUT2D eigenvalue weighted by Crippen LogP contribution is 2.31. The van der Waals surface area contributed by atoms with Crippen molar-refractivity contribution in [2.24, 2.45) is 0 Å². The average molecular weight is 482 g/mol. The number of fused-ring (bicyclic) bond motifs is 1. The quantitative estimate of drug-likeness (QED) is 0.401. The van der Waals surface area contributed by atoms with Crippen LogP contribution in [-0.4, -0.2) is 35.4 Å². The summed E-state index contributed by atoms with van der Waals surface area (Å²) in [7, 11) is 1.56. The number of ether oxygens (including phenoxy) is 2. The van der Waals surface area contributed by atoms with Crippen LogP contribution >= 0.6 is 11.3 Å². The van der Waals surface area contributed by atoms with Gasteiger partial charge in [0, 0.05) is 10.8 Å². The third-order valence-corrected chi connectivity index (χ3v) is 5.86. The maximum absolute atomic E-state index is 13.4. The minimum Gasteiger partial charge on any atom is -0.497 e. The van der Waals surface area contributed by atoms with Crippen molar-refractivity contribution in [3.63, 3.8) is 0 Å². The monoisotopic (exact) mass is 481 g/mol. The fourth-order valence-electron chi connectivity index (χ4n) is 3.35. The number of halogens is 1. The third kappa shape index (κ3) is 4.67. The van der Waals surface area contributed by atoms with Crippen molar-refractivity contribution in [2.45, 2.75) is 13.3 Å². The molecule has 0 saturated heterocycles. The summed E-state index contributed by atoms with van der Waals surface area (Å²) < 4.78 is 24.6. The molecular weight excluding hydrogens is 461 g/mol. The predicted octanol–water partition coefficient (Wildman–Crippen LogP) is 3.95. The molecule has 8 nitrogen and oxygen atoms in total. The Kier molecular flexibility index (Phi) is 6.69. The number of nitrogens with zero attached hydrogens (tertiary/aromatic N) is 2. The van der Waals surface area contributed by atoms with Gasteiger partial charge in [-0.15, -0.1) is 11.3 Å². The van der Waals surface area contributed by atoms with Gasteiger partial charge in [0.05, 0.1) is 31.2 Å². The molecule has 4 aromatic rings. The van der Waals surface area contributed by atoms with Crippen molar-refractivity contribution in [1.29, 1.82) is 0 Å². The van der Waals surface area contributed by atoms with E-state index in [4.69, 9.17) is 9.47 Å². The Hall–Kier alpha value is -4.05. The van der Waals surface area contributed by atoms with Crippen LogP contribution < -0.4 is 15.6 Å². The Morgan fingerprint density at radius 1 is 1.12 bits per heavy atom. The van der Waals surface area contributed by atoms with E-state index in [1.165, 1.54) is 24.3 Å². The molecule has 0 bridgehead atoms. The zero-order valence-corrected chi connectivity index (χ0v) is 19.1. The molecule has 10 heteroatoms. The number of hydrogen-bond donors (Lipinski definition) is 1. The molecule has 0 aliphatic carbocycles. The second-order valence-electron chi connectivity index (χ2n) is 7.19. The summed E-state index contributed by atoms with van der Waals surface area (Å²) >= 11 is 1.10. The van der Waals surface area contributed by atoms with Crippen LogP contribution in [0.5, 0.6) is 5.75 Å². The molecule has 4 rings (SSSR count). The van der Waals surface area contributed by atoms with Gasteiger partial charge in [-0.25, -0.2) is 9.18 Å². The van der Waals surface area contributed by atoms with E-state index in [0.29, 0.717) is 5.75 Å². The SMILES string of the molecule is CCOC(=O)c1nn(-c2ccc(F)cc2)c(=O)c2c(NC(=O)Cc3ccc(OC)cc3)scc12. The molecule has 174 valence electrons. The second-order valence-corrected chi connectivity index (χ2v) is 8.07. The van der Waals surface area contributed by atoms with Gasteiger partial charge in [0.15, 0.2) is 5.69 Å². The van der Waals surface area contributed by atoms with Crippen LogP contribution in [0, 0.1) is 5.82 Å². The van der Waals surface area contributed by atoms with Crippen molar-refractivity contribution < 1.29 is 23.5 Å². The summed E-state index contributed by atoms with van der Waals surface area (Å²) in [5.74, 6) is -0.854. The number of carbonyl (C=O) groups excluding carboxylic acids is 2. The molecule has 34 heavy (non-hydrogen) atoms. The highest BCUT2D eigenvalue weighted by atomic mass is 32.1. The molecule has 0 aliphatic rings. The lowest BCUT2D eigenvalue weighted by atomic mass is 10.1. The first-order valence-corrected chi connectivity index (χ1v) is 11.2. The molecule has 0 saturated carbocycles. The first-order valence-electron chi connectivity index (χ1n) is 10.3. The molecule has 0 aliphatic heterocycles. The van der Waals surface area contributed by atoms with Crippen LogP contribution in [0.1, 0.15) is 23.0 Å². The Labute approximate surface area is 197 Å². The van der Waals surface area contributed by atoms with Crippen molar-refractivity contribution >= 4 is 39.0 Å². The number of thiophene rings is 1. The highest BCUT2D eigenvalue weighted by Gasteiger charge is 2.23. The molecule has 0 radical (unpaired) electrons. The lowest BCUT2D eigenvalue weighted by molar-refractivity contribution is -0.115. The number of anilines is 1. The zero-order chi connectivity index (χ0) is 24.2. The van der Waals surface area contributed by atoms with Gasteiger partial charge in [-0.1, -0.05) is 12.1 Å². The lowest BCUT2D eigenvalue weighted by Gasteiger charge is -2.10. The van der Waals surface area contributed by atoms with Gasteiger partial charge in [0.1, 0.15) is 16.6 Å². The fourth-order valence-corrected chi connectivity index (χ4v) is 4.30. The molecule has 1 amide bonds. The normalized spacial score (nSPS) is 10.8. The summed E-state index contributed by atoms with van der Waals surface area (Å²) in [6.45, 7) is 1.77. The number of carbonyl (C=O) groups is 2. The van der Waals surface area contributed by atoms with Crippen LogP contribution in [-0.2, 0) is 16.0 Å². The lowest BCUT2D eigenvalue weighted by Crippen LogP contribution is -2.25. The molecular formula is C24H20FN3O5S. The van der Waals surface area contributed by atoms with E-state index in [-0.39, 0.29) is 46.1 Å². The van der Waals surface area contributed by atoms with Crippen LogP contribution in [0.2, 0.25) is 0 Å². The predicted molar refractivity (Wildman–Crippen MR) is 126 cm³/mol. The van der Waals surface area contributed by atoms with Gasteiger partial charge < -0.3 is 14.8 Å². The number of aromatic nitrogens is 2. The molecule has 0 spiro atoms. The molecule has 0 fully saturated rings. The minimum atomic E-state index is -0.711. The number of rotatable bonds is 7. The van der Waals surface area contributed by atoms with E-state index >= 15 is 0 Å². The van der Waals surface area contributed by atoms with Gasteiger partial charge in [0.25, 0.3) is 5.56 Å². The minimum absolute atomic E-state index is 0.0748. The largest absolute Gasteiger partial charge is 0.497 e. The van der Waals surface area contributed by atoms with E-state index in [0.717, 1.165) is 21.6 Å². The van der Waals surface area contributed by atoms with Gasteiger partial charge in [-0.3, -0.25) is 9.59 Å². The smallest absolute Gasteiger partial charge is 0.359 e. The number of esters is 1. The average Bonchev–Trinajstić information content (AvgIpc) is 3.24. The van der Waals surface area contributed by atoms with Gasteiger partial charge in [0.2, 0.25) is 5.91 Å². The summed E-state index contributed by atoms with van der Waals surface area (Å²) in [5, 5.41) is 9.20. The van der Waals surface area contributed by atoms with E-state index in [1.54, 1.807) is 43.7 Å². The van der Waals surface area contributed by atoms with Gasteiger partial charge in [-0.05, 0) is 48.9 Å². The number of amides is 1.